The van der Waals surface area contributed by atoms with Gasteiger partial charge in [0.2, 0.25) is 0 Å². The molecule has 1 unspecified atom stereocenters. The number of piperidine rings is 1. The lowest BCUT2D eigenvalue weighted by Crippen LogP contribution is -2.34. The van der Waals surface area contributed by atoms with E-state index in [2.05, 4.69) is 40.2 Å². The van der Waals surface area contributed by atoms with Crippen molar-refractivity contribution < 1.29 is 4.79 Å². The molecule has 28 heavy (non-hydrogen) atoms. The van der Waals surface area contributed by atoms with Crippen LogP contribution < -0.4 is 0 Å². The summed E-state index contributed by atoms with van der Waals surface area (Å²) in [7, 11) is 0. The van der Waals surface area contributed by atoms with Crippen LogP contribution in [-0.4, -0.2) is 29.5 Å². The second-order valence-electron chi connectivity index (χ2n) is 7.84. The van der Waals surface area contributed by atoms with Crippen LogP contribution in [0.5, 0.6) is 0 Å². The van der Waals surface area contributed by atoms with Gasteiger partial charge in [-0.1, -0.05) is 49.2 Å². The average Bonchev–Trinajstić information content (AvgIpc) is 2.73. The lowest BCUT2D eigenvalue weighted by Gasteiger charge is -2.35. The molecular formula is C24H27ClN2O. The third-order valence-corrected chi connectivity index (χ3v) is 6.18. The number of Topliss-reactive ketones (excluding diaryl/α,β-unsaturated/α-hetero) is 1. The van der Waals surface area contributed by atoms with Crippen molar-refractivity contribution in [1.82, 2.24) is 4.90 Å². The van der Waals surface area contributed by atoms with Crippen LogP contribution in [0, 0.1) is 0 Å². The molecule has 0 aromatic heterocycles. The van der Waals surface area contributed by atoms with Gasteiger partial charge in [0.05, 0.1) is 11.4 Å². The van der Waals surface area contributed by atoms with Crippen molar-refractivity contribution in [3.63, 3.8) is 0 Å². The quantitative estimate of drug-likeness (QED) is 0.649. The molecule has 2 aliphatic heterocycles. The van der Waals surface area contributed by atoms with Crippen LogP contribution in [0.25, 0.3) is 0 Å². The van der Waals surface area contributed by atoms with E-state index in [0.717, 1.165) is 35.8 Å². The number of halogens is 1. The van der Waals surface area contributed by atoms with Crippen LogP contribution in [0.1, 0.15) is 55.3 Å². The highest BCUT2D eigenvalue weighted by Crippen LogP contribution is 2.32. The molecule has 0 N–H and O–H groups in total. The first kappa shape index (κ1) is 19.4. The Kier molecular flexibility index (Phi) is 5.93. The van der Waals surface area contributed by atoms with Gasteiger partial charge in [-0.3, -0.25) is 9.69 Å². The fraction of sp³-hybridized carbons (Fsp3) is 0.417. The second-order valence-corrected chi connectivity index (χ2v) is 8.28. The minimum absolute atomic E-state index is 0.162. The third-order valence-electron chi connectivity index (χ3n) is 5.93. The van der Waals surface area contributed by atoms with E-state index in [-0.39, 0.29) is 5.78 Å². The number of nitrogens with zero attached hydrogens (tertiary/aromatic N) is 2. The Hall–Kier alpha value is -1.97. The first-order valence-electron chi connectivity index (χ1n) is 10.4. The normalized spacial score (nSPS) is 18.5. The summed E-state index contributed by atoms with van der Waals surface area (Å²) in [5.74, 6) is 0.162. The number of rotatable bonds is 5. The summed E-state index contributed by atoms with van der Waals surface area (Å²) in [4.78, 5) is 19.4. The van der Waals surface area contributed by atoms with E-state index < -0.39 is 0 Å². The first-order valence-corrected chi connectivity index (χ1v) is 10.7. The van der Waals surface area contributed by atoms with Crippen molar-refractivity contribution in [3.05, 3.63) is 64.2 Å². The van der Waals surface area contributed by atoms with Crippen LogP contribution in [0.4, 0.5) is 5.69 Å². The van der Waals surface area contributed by atoms with Gasteiger partial charge in [0, 0.05) is 17.5 Å². The van der Waals surface area contributed by atoms with Crippen molar-refractivity contribution in [2.75, 3.05) is 13.1 Å². The molecule has 0 radical (unpaired) electrons. The Bertz CT molecular complexity index is 882. The van der Waals surface area contributed by atoms with E-state index in [1.165, 1.54) is 30.4 Å². The number of carbonyl (C=O) groups excluding carboxylic acids is 1. The molecule has 0 spiro atoms. The molecule has 0 aliphatic carbocycles. The monoisotopic (exact) mass is 394 g/mol. The standard InChI is InChI=1S/C24H27ClN2O/c1-2-21-24(28)16-19-7-6-17(14-22(19)26-21)15-23(27-12-4-3-5-13-27)18-8-10-20(25)11-9-18/h6-11,14,23H,2-5,12-13,15-16H2,1H3. The van der Waals surface area contributed by atoms with Crippen molar-refractivity contribution in [3.8, 4) is 0 Å². The molecule has 0 saturated carbocycles. The van der Waals surface area contributed by atoms with E-state index in [1.807, 2.05) is 19.1 Å². The SMILES string of the molecule is CCC1=Nc2cc(CC(c3ccc(Cl)cc3)N3CCCCC3)ccc2CC1=O. The Balaban J connectivity index is 1.63. The molecular weight excluding hydrogens is 368 g/mol. The van der Waals surface area contributed by atoms with Gasteiger partial charge in [0.25, 0.3) is 0 Å². The van der Waals surface area contributed by atoms with Crippen molar-refractivity contribution in [2.24, 2.45) is 4.99 Å². The van der Waals surface area contributed by atoms with Gasteiger partial charge in [-0.2, -0.15) is 0 Å². The summed E-state index contributed by atoms with van der Waals surface area (Å²) in [5.41, 5.74) is 5.32. The fourth-order valence-corrected chi connectivity index (χ4v) is 4.47. The lowest BCUT2D eigenvalue weighted by atomic mass is 9.92. The molecule has 2 aromatic rings. The van der Waals surface area contributed by atoms with E-state index in [9.17, 15) is 4.79 Å². The molecule has 4 rings (SSSR count). The van der Waals surface area contributed by atoms with Gasteiger partial charge in [-0.05, 0) is 73.7 Å². The molecule has 1 atom stereocenters. The molecule has 0 bridgehead atoms. The number of hydrogen-bond acceptors (Lipinski definition) is 3. The third kappa shape index (κ3) is 4.21. The number of aliphatic imine (C=N–C) groups is 1. The van der Waals surface area contributed by atoms with Gasteiger partial charge in [0.15, 0.2) is 5.78 Å². The predicted molar refractivity (Wildman–Crippen MR) is 116 cm³/mol. The molecule has 2 heterocycles. The zero-order valence-corrected chi connectivity index (χ0v) is 17.2. The summed E-state index contributed by atoms with van der Waals surface area (Å²) in [6.07, 6.45) is 5.98. The largest absolute Gasteiger partial charge is 0.296 e. The van der Waals surface area contributed by atoms with Crippen molar-refractivity contribution in [1.29, 1.82) is 0 Å². The minimum atomic E-state index is 0.162. The lowest BCUT2D eigenvalue weighted by molar-refractivity contribution is -0.112. The molecule has 2 aliphatic rings. The Morgan fingerprint density at radius 2 is 1.82 bits per heavy atom. The molecule has 3 nitrogen and oxygen atoms in total. The van der Waals surface area contributed by atoms with E-state index in [0.29, 0.717) is 24.6 Å². The minimum Gasteiger partial charge on any atom is -0.296 e. The smallest absolute Gasteiger partial charge is 0.181 e. The van der Waals surface area contributed by atoms with Gasteiger partial charge in [0.1, 0.15) is 0 Å². The van der Waals surface area contributed by atoms with Gasteiger partial charge >= 0.3 is 0 Å². The number of benzene rings is 2. The van der Waals surface area contributed by atoms with Crippen molar-refractivity contribution >= 4 is 28.8 Å². The Morgan fingerprint density at radius 1 is 1.07 bits per heavy atom. The average molecular weight is 395 g/mol. The maximum Gasteiger partial charge on any atom is 0.181 e. The van der Waals surface area contributed by atoms with E-state index >= 15 is 0 Å². The van der Waals surface area contributed by atoms with E-state index in [1.54, 1.807) is 0 Å². The molecule has 1 saturated heterocycles. The maximum absolute atomic E-state index is 12.1. The number of ketones is 1. The zero-order chi connectivity index (χ0) is 19.5. The topological polar surface area (TPSA) is 32.7 Å². The molecule has 1 fully saturated rings. The van der Waals surface area contributed by atoms with Gasteiger partial charge in [-0.25, -0.2) is 4.99 Å². The fourth-order valence-electron chi connectivity index (χ4n) is 4.34. The second kappa shape index (κ2) is 8.59. The first-order chi connectivity index (χ1) is 13.6. The van der Waals surface area contributed by atoms with Crippen LogP contribution in [-0.2, 0) is 17.6 Å². The highest BCUT2D eigenvalue weighted by molar-refractivity contribution is 6.41. The summed E-state index contributed by atoms with van der Waals surface area (Å²) in [6.45, 7) is 4.29. The van der Waals surface area contributed by atoms with Crippen molar-refractivity contribution in [2.45, 2.75) is 51.5 Å². The Morgan fingerprint density at radius 3 is 2.54 bits per heavy atom. The Labute approximate surface area is 172 Å². The van der Waals surface area contributed by atoms with Crippen LogP contribution >= 0.6 is 11.6 Å². The molecule has 4 heteroatoms. The molecule has 2 aromatic carbocycles. The molecule has 0 amide bonds. The zero-order valence-electron chi connectivity index (χ0n) is 16.5. The summed E-state index contributed by atoms with van der Waals surface area (Å²) >= 11 is 6.13. The molecule has 146 valence electrons. The number of fused-ring (bicyclic) bond motifs is 1. The highest BCUT2D eigenvalue weighted by Gasteiger charge is 2.24. The predicted octanol–water partition coefficient (Wildman–Crippen LogP) is 5.72. The number of carbonyl (C=O) groups is 1. The van der Waals surface area contributed by atoms with Crippen LogP contribution in [0.3, 0.4) is 0 Å². The van der Waals surface area contributed by atoms with Gasteiger partial charge in [-0.15, -0.1) is 0 Å². The van der Waals surface area contributed by atoms with E-state index in [4.69, 9.17) is 11.6 Å². The van der Waals surface area contributed by atoms with Crippen LogP contribution in [0.2, 0.25) is 5.02 Å². The summed E-state index contributed by atoms with van der Waals surface area (Å²) in [6, 6.07) is 15.1. The summed E-state index contributed by atoms with van der Waals surface area (Å²) < 4.78 is 0. The highest BCUT2D eigenvalue weighted by atomic mass is 35.5. The number of likely N-dealkylation sites (tertiary alicyclic amines) is 1. The number of hydrogen-bond donors (Lipinski definition) is 0. The van der Waals surface area contributed by atoms with Crippen LogP contribution in [0.15, 0.2) is 47.5 Å². The maximum atomic E-state index is 12.1. The summed E-state index contributed by atoms with van der Waals surface area (Å²) in [5, 5.41) is 0.779. The van der Waals surface area contributed by atoms with Gasteiger partial charge < -0.3 is 0 Å².